The molecule has 2 heterocycles. The van der Waals surface area contributed by atoms with Crippen LogP contribution in [0.1, 0.15) is 30.5 Å². The quantitative estimate of drug-likeness (QED) is 0.180. The van der Waals surface area contributed by atoms with E-state index < -0.39 is 0 Å². The van der Waals surface area contributed by atoms with Gasteiger partial charge in [0, 0.05) is 22.5 Å². The molecule has 8 aromatic rings. The van der Waals surface area contributed by atoms with Crippen LogP contribution in [0.25, 0.3) is 33.0 Å². The summed E-state index contributed by atoms with van der Waals surface area (Å²) in [4.78, 5) is 4.83. The van der Waals surface area contributed by atoms with Crippen LogP contribution in [0.5, 0.6) is 11.5 Å². The number of aryl methyl sites for hydroxylation is 1. The topological polar surface area (TPSA) is 15.7 Å². The maximum Gasteiger partial charge on any atom is 0.151 e. The van der Waals surface area contributed by atoms with Crippen molar-refractivity contribution in [1.29, 1.82) is 0 Å². The standard InChI is InChI=1S/C50H38N2O/c1-33-13-9-23-45-48(33)52-44-22-11-20-42(47(44)50(2,3)43-21-12-24-46(53-45)49(43)52)38-18-10-19-40(32-38)51(41-30-27-35-16-7-8-17-37(35)31-41)39-28-25-36(26-29-39)34-14-5-4-6-15-34/h4-32H,1-3H3. The second kappa shape index (κ2) is 12.0. The number of nitrogens with zero attached hydrogens (tertiary/aromatic N) is 2. The van der Waals surface area contributed by atoms with Gasteiger partial charge in [-0.15, -0.1) is 0 Å². The van der Waals surface area contributed by atoms with E-state index in [9.17, 15) is 0 Å². The summed E-state index contributed by atoms with van der Waals surface area (Å²) < 4.78 is 6.57. The van der Waals surface area contributed by atoms with Crippen molar-refractivity contribution in [1.82, 2.24) is 0 Å². The lowest BCUT2D eigenvalue weighted by molar-refractivity contribution is 0.471. The third-order valence-electron chi connectivity index (χ3n) is 11.1. The maximum atomic E-state index is 6.57. The van der Waals surface area contributed by atoms with E-state index in [1.165, 1.54) is 55.4 Å². The summed E-state index contributed by atoms with van der Waals surface area (Å²) in [5.74, 6) is 1.79. The predicted molar refractivity (Wildman–Crippen MR) is 221 cm³/mol. The summed E-state index contributed by atoms with van der Waals surface area (Å²) in [5.41, 5.74) is 15.0. The molecule has 3 heteroatoms. The number of ether oxygens (including phenoxy) is 1. The molecule has 0 fully saturated rings. The minimum Gasteiger partial charge on any atom is -0.453 e. The fourth-order valence-electron chi connectivity index (χ4n) is 8.58. The molecule has 0 bridgehead atoms. The highest BCUT2D eigenvalue weighted by molar-refractivity contribution is 5.97. The Morgan fingerprint density at radius 2 is 1.13 bits per heavy atom. The first-order valence-electron chi connectivity index (χ1n) is 18.4. The lowest BCUT2D eigenvalue weighted by atomic mass is 9.70. The van der Waals surface area contributed by atoms with Crippen LogP contribution < -0.4 is 14.5 Å². The number of benzene rings is 8. The monoisotopic (exact) mass is 682 g/mol. The molecule has 3 nitrogen and oxygen atoms in total. The maximum absolute atomic E-state index is 6.57. The van der Waals surface area contributed by atoms with E-state index in [-0.39, 0.29) is 5.41 Å². The van der Waals surface area contributed by atoms with E-state index in [2.05, 4.69) is 206 Å². The molecular weight excluding hydrogens is 645 g/mol. The third kappa shape index (κ3) is 4.96. The molecule has 0 spiro atoms. The molecule has 0 saturated heterocycles. The van der Waals surface area contributed by atoms with Crippen LogP contribution >= 0.6 is 0 Å². The summed E-state index contributed by atoms with van der Waals surface area (Å²) in [6, 6.07) is 63.5. The van der Waals surface area contributed by atoms with Gasteiger partial charge < -0.3 is 14.5 Å². The van der Waals surface area contributed by atoms with Crippen molar-refractivity contribution in [2.24, 2.45) is 0 Å². The Hall–Kier alpha value is -6.58. The van der Waals surface area contributed by atoms with E-state index in [0.29, 0.717) is 0 Å². The molecule has 0 radical (unpaired) electrons. The molecule has 0 amide bonds. The van der Waals surface area contributed by atoms with E-state index in [4.69, 9.17) is 4.74 Å². The number of para-hydroxylation sites is 2. The minimum atomic E-state index is -0.293. The highest BCUT2D eigenvalue weighted by Crippen LogP contribution is 2.61. The SMILES string of the molecule is Cc1cccc2c1N1c3cccc(-c4cccc(N(c5ccc(-c6ccccc6)cc5)c5ccc6ccccc6c5)c4)c3C(C)(C)c3cccc(c31)O2. The molecule has 0 aliphatic carbocycles. The van der Waals surface area contributed by atoms with Crippen molar-refractivity contribution in [2.45, 2.75) is 26.2 Å². The molecule has 0 atom stereocenters. The van der Waals surface area contributed by atoms with Crippen molar-refractivity contribution in [2.75, 3.05) is 9.80 Å². The first-order chi connectivity index (χ1) is 26.0. The number of hydrogen-bond donors (Lipinski definition) is 0. The molecular formula is C50H38N2O. The number of rotatable bonds is 5. The largest absolute Gasteiger partial charge is 0.453 e. The van der Waals surface area contributed by atoms with Crippen LogP contribution in [-0.4, -0.2) is 0 Å². The molecule has 0 aromatic heterocycles. The first-order valence-corrected chi connectivity index (χ1v) is 18.4. The number of anilines is 6. The Morgan fingerprint density at radius 1 is 0.491 bits per heavy atom. The van der Waals surface area contributed by atoms with Crippen molar-refractivity contribution < 1.29 is 4.74 Å². The average molecular weight is 683 g/mol. The van der Waals surface area contributed by atoms with Crippen LogP contribution in [0, 0.1) is 6.92 Å². The zero-order valence-electron chi connectivity index (χ0n) is 30.0. The van der Waals surface area contributed by atoms with Gasteiger partial charge >= 0.3 is 0 Å². The number of hydrogen-bond acceptors (Lipinski definition) is 3. The van der Waals surface area contributed by atoms with E-state index in [1.807, 2.05) is 0 Å². The van der Waals surface area contributed by atoms with Crippen LogP contribution in [0.2, 0.25) is 0 Å². The van der Waals surface area contributed by atoms with Crippen LogP contribution in [0.4, 0.5) is 34.1 Å². The van der Waals surface area contributed by atoms with Gasteiger partial charge in [0.1, 0.15) is 0 Å². The van der Waals surface area contributed by atoms with Gasteiger partial charge in [-0.05, 0) is 111 Å². The normalized spacial score (nSPS) is 13.5. The summed E-state index contributed by atoms with van der Waals surface area (Å²) in [6.45, 7) is 6.89. The zero-order valence-corrected chi connectivity index (χ0v) is 30.0. The van der Waals surface area contributed by atoms with Gasteiger partial charge in [0.15, 0.2) is 11.5 Å². The predicted octanol–water partition coefficient (Wildman–Crippen LogP) is 14.2. The average Bonchev–Trinajstić information content (AvgIpc) is 3.20. The van der Waals surface area contributed by atoms with E-state index >= 15 is 0 Å². The molecule has 0 unspecified atom stereocenters. The van der Waals surface area contributed by atoms with Gasteiger partial charge in [0.2, 0.25) is 0 Å². The van der Waals surface area contributed by atoms with Crippen LogP contribution in [-0.2, 0) is 5.41 Å². The Bertz CT molecular complexity index is 2690. The second-order valence-corrected chi connectivity index (χ2v) is 14.7. The summed E-state index contributed by atoms with van der Waals surface area (Å²) >= 11 is 0. The van der Waals surface area contributed by atoms with Gasteiger partial charge in [-0.1, -0.05) is 135 Å². The van der Waals surface area contributed by atoms with Crippen molar-refractivity contribution in [3.8, 4) is 33.8 Å². The molecule has 10 rings (SSSR count). The Labute approximate surface area is 311 Å². The van der Waals surface area contributed by atoms with Gasteiger partial charge in [0.05, 0.1) is 17.1 Å². The zero-order chi connectivity index (χ0) is 35.7. The summed E-state index contributed by atoms with van der Waals surface area (Å²) in [7, 11) is 0. The molecule has 254 valence electrons. The fraction of sp³-hybridized carbons (Fsp3) is 0.0800. The van der Waals surface area contributed by atoms with Gasteiger partial charge in [0.25, 0.3) is 0 Å². The van der Waals surface area contributed by atoms with Crippen LogP contribution in [0.3, 0.4) is 0 Å². The minimum absolute atomic E-state index is 0.293. The highest BCUT2D eigenvalue weighted by atomic mass is 16.5. The van der Waals surface area contributed by atoms with Gasteiger partial charge in [-0.2, -0.15) is 0 Å². The highest BCUT2D eigenvalue weighted by Gasteiger charge is 2.43. The lowest BCUT2D eigenvalue weighted by Crippen LogP contribution is -2.33. The van der Waals surface area contributed by atoms with E-state index in [1.54, 1.807) is 0 Å². The molecule has 53 heavy (non-hydrogen) atoms. The fourth-order valence-corrected chi connectivity index (χ4v) is 8.58. The smallest absolute Gasteiger partial charge is 0.151 e. The third-order valence-corrected chi connectivity index (χ3v) is 11.1. The lowest BCUT2D eigenvalue weighted by Gasteiger charge is -2.46. The first kappa shape index (κ1) is 31.2. The Balaban J connectivity index is 1.15. The Morgan fingerprint density at radius 3 is 1.96 bits per heavy atom. The summed E-state index contributed by atoms with van der Waals surface area (Å²) in [5, 5.41) is 2.44. The molecule has 0 saturated carbocycles. The van der Waals surface area contributed by atoms with Gasteiger partial charge in [-0.25, -0.2) is 0 Å². The molecule has 2 aliphatic heterocycles. The molecule has 2 aliphatic rings. The number of fused-ring (bicyclic) bond motifs is 5. The molecule has 8 aromatic carbocycles. The molecule has 0 N–H and O–H groups in total. The van der Waals surface area contributed by atoms with Gasteiger partial charge in [-0.3, -0.25) is 0 Å². The Kier molecular flexibility index (Phi) is 7.06. The van der Waals surface area contributed by atoms with Crippen molar-refractivity contribution in [3.05, 3.63) is 193 Å². The van der Waals surface area contributed by atoms with Crippen LogP contribution in [0.15, 0.2) is 176 Å². The van der Waals surface area contributed by atoms with Crippen molar-refractivity contribution in [3.63, 3.8) is 0 Å². The summed E-state index contributed by atoms with van der Waals surface area (Å²) in [6.07, 6.45) is 0. The second-order valence-electron chi connectivity index (χ2n) is 14.7. The van der Waals surface area contributed by atoms with Crippen molar-refractivity contribution >= 4 is 44.9 Å². The van der Waals surface area contributed by atoms with E-state index in [0.717, 1.165) is 39.9 Å².